The third kappa shape index (κ3) is 3.50. The molecule has 0 bridgehead atoms. The molecule has 0 N–H and O–H groups in total. The first-order chi connectivity index (χ1) is 12.7. The first-order valence-electron chi connectivity index (χ1n) is 7.76. The van der Waals surface area contributed by atoms with Crippen LogP contribution in [0.4, 0.5) is 4.39 Å². The molecule has 4 aromatic rings. The van der Waals surface area contributed by atoms with Crippen molar-refractivity contribution in [2.24, 2.45) is 0 Å². The fraction of sp³-hybridized carbons (Fsp3) is 0.111. The van der Waals surface area contributed by atoms with Crippen molar-refractivity contribution in [3.63, 3.8) is 0 Å². The standard InChI is InChI=1S/C18H13FN4O2S/c1-26-14-8-4-11(5-9-14)17-20-15(25-23-17)10-16-21-22-18(24-16)12-2-6-13(19)7-3-12/h2-9H,10H2,1H3. The number of thioether (sulfide) groups is 1. The molecule has 4 rings (SSSR count). The highest BCUT2D eigenvalue weighted by Gasteiger charge is 2.14. The van der Waals surface area contributed by atoms with E-state index >= 15 is 0 Å². The zero-order valence-corrected chi connectivity index (χ0v) is 14.5. The summed E-state index contributed by atoms with van der Waals surface area (Å²) < 4.78 is 23.8. The highest BCUT2D eigenvalue weighted by Crippen LogP contribution is 2.22. The van der Waals surface area contributed by atoms with Crippen molar-refractivity contribution in [1.82, 2.24) is 20.3 Å². The summed E-state index contributed by atoms with van der Waals surface area (Å²) in [4.78, 5) is 5.53. The molecule has 0 aliphatic carbocycles. The molecule has 26 heavy (non-hydrogen) atoms. The summed E-state index contributed by atoms with van der Waals surface area (Å²) in [6.07, 6.45) is 2.25. The predicted molar refractivity (Wildman–Crippen MR) is 94.0 cm³/mol. The molecule has 0 spiro atoms. The normalized spacial score (nSPS) is 11.0. The van der Waals surface area contributed by atoms with Gasteiger partial charge in [-0.2, -0.15) is 4.98 Å². The van der Waals surface area contributed by atoms with Gasteiger partial charge in [-0.3, -0.25) is 0 Å². The molecule has 0 amide bonds. The molecule has 0 aliphatic heterocycles. The van der Waals surface area contributed by atoms with E-state index in [-0.39, 0.29) is 12.2 Å². The molecule has 0 saturated heterocycles. The van der Waals surface area contributed by atoms with Crippen LogP contribution in [0.15, 0.2) is 62.4 Å². The van der Waals surface area contributed by atoms with Gasteiger partial charge in [0, 0.05) is 16.0 Å². The summed E-state index contributed by atoms with van der Waals surface area (Å²) in [5.41, 5.74) is 1.51. The molecule has 0 unspecified atom stereocenters. The summed E-state index contributed by atoms with van der Waals surface area (Å²) in [5, 5.41) is 11.9. The molecule has 8 heteroatoms. The van der Waals surface area contributed by atoms with Gasteiger partial charge in [0.1, 0.15) is 12.2 Å². The minimum atomic E-state index is -0.322. The first-order valence-corrected chi connectivity index (χ1v) is 8.99. The lowest BCUT2D eigenvalue weighted by molar-refractivity contribution is 0.374. The Morgan fingerprint density at radius 3 is 2.38 bits per heavy atom. The molecule has 0 aliphatic rings. The first kappa shape index (κ1) is 16.5. The van der Waals surface area contributed by atoms with Crippen LogP contribution in [0.2, 0.25) is 0 Å². The Bertz CT molecular complexity index is 1010. The van der Waals surface area contributed by atoms with Gasteiger partial charge in [-0.15, -0.1) is 22.0 Å². The molecule has 0 atom stereocenters. The number of halogens is 1. The average molecular weight is 368 g/mol. The lowest BCUT2D eigenvalue weighted by Crippen LogP contribution is -1.89. The maximum atomic E-state index is 13.0. The Morgan fingerprint density at radius 1 is 0.923 bits per heavy atom. The van der Waals surface area contributed by atoms with Gasteiger partial charge in [-0.25, -0.2) is 4.39 Å². The highest BCUT2D eigenvalue weighted by molar-refractivity contribution is 7.98. The third-order valence-electron chi connectivity index (χ3n) is 3.68. The van der Waals surface area contributed by atoms with E-state index in [9.17, 15) is 4.39 Å². The van der Waals surface area contributed by atoms with E-state index in [4.69, 9.17) is 8.94 Å². The molecule has 2 aromatic heterocycles. The van der Waals surface area contributed by atoms with Crippen molar-refractivity contribution in [3.05, 3.63) is 66.1 Å². The number of hydrogen-bond acceptors (Lipinski definition) is 7. The van der Waals surface area contributed by atoms with Crippen molar-refractivity contribution >= 4 is 11.8 Å². The van der Waals surface area contributed by atoms with Gasteiger partial charge in [0.25, 0.3) is 0 Å². The van der Waals surface area contributed by atoms with Crippen LogP contribution in [0.5, 0.6) is 0 Å². The monoisotopic (exact) mass is 368 g/mol. The van der Waals surface area contributed by atoms with E-state index in [0.29, 0.717) is 29.1 Å². The highest BCUT2D eigenvalue weighted by atomic mass is 32.2. The number of rotatable bonds is 5. The largest absolute Gasteiger partial charge is 0.420 e. The van der Waals surface area contributed by atoms with Gasteiger partial charge in [-0.1, -0.05) is 5.16 Å². The van der Waals surface area contributed by atoms with Crippen molar-refractivity contribution in [1.29, 1.82) is 0 Å². The molecule has 130 valence electrons. The summed E-state index contributed by atoms with van der Waals surface area (Å²) >= 11 is 1.67. The minimum absolute atomic E-state index is 0.226. The maximum Gasteiger partial charge on any atom is 0.247 e. The van der Waals surface area contributed by atoms with E-state index in [1.165, 1.54) is 12.1 Å². The SMILES string of the molecule is CSc1ccc(-c2noc(Cc3nnc(-c4ccc(F)cc4)o3)n2)cc1. The summed E-state index contributed by atoms with van der Waals surface area (Å²) in [5.74, 6) is 1.22. The lowest BCUT2D eigenvalue weighted by Gasteiger charge is -1.96. The van der Waals surface area contributed by atoms with E-state index in [1.54, 1.807) is 23.9 Å². The van der Waals surface area contributed by atoms with Crippen LogP contribution >= 0.6 is 11.8 Å². The Kier molecular flexibility index (Phi) is 4.49. The third-order valence-corrected chi connectivity index (χ3v) is 4.42. The Morgan fingerprint density at radius 2 is 1.65 bits per heavy atom. The second-order valence-corrected chi connectivity index (χ2v) is 6.30. The second-order valence-electron chi connectivity index (χ2n) is 5.42. The zero-order valence-electron chi connectivity index (χ0n) is 13.7. The smallest absolute Gasteiger partial charge is 0.247 e. The van der Waals surface area contributed by atoms with Crippen LogP contribution < -0.4 is 0 Å². The van der Waals surface area contributed by atoms with E-state index in [2.05, 4.69) is 20.3 Å². The van der Waals surface area contributed by atoms with Gasteiger partial charge in [0.15, 0.2) is 0 Å². The van der Waals surface area contributed by atoms with Gasteiger partial charge in [0.2, 0.25) is 23.5 Å². The van der Waals surface area contributed by atoms with Crippen molar-refractivity contribution < 1.29 is 13.3 Å². The Balaban J connectivity index is 1.49. The topological polar surface area (TPSA) is 77.8 Å². The molecule has 6 nitrogen and oxygen atoms in total. The van der Waals surface area contributed by atoms with Gasteiger partial charge < -0.3 is 8.94 Å². The van der Waals surface area contributed by atoms with Crippen molar-refractivity contribution in [2.45, 2.75) is 11.3 Å². The number of nitrogens with zero attached hydrogens (tertiary/aromatic N) is 4. The Hall–Kier alpha value is -3.00. The second kappa shape index (κ2) is 7.09. The molecular formula is C18H13FN4O2S. The molecule has 2 heterocycles. The molecule has 0 saturated carbocycles. The fourth-order valence-electron chi connectivity index (χ4n) is 2.35. The lowest BCUT2D eigenvalue weighted by atomic mass is 10.2. The molecule has 2 aromatic carbocycles. The quantitative estimate of drug-likeness (QED) is 0.488. The number of benzene rings is 2. The fourth-order valence-corrected chi connectivity index (χ4v) is 2.76. The van der Waals surface area contributed by atoms with Gasteiger partial charge >= 0.3 is 0 Å². The Labute approximate surface area is 152 Å². The molecule has 0 radical (unpaired) electrons. The zero-order chi connectivity index (χ0) is 17.9. The summed E-state index contributed by atoms with van der Waals surface area (Å²) in [6, 6.07) is 13.7. The van der Waals surface area contributed by atoms with Crippen molar-refractivity contribution in [2.75, 3.05) is 6.26 Å². The summed E-state index contributed by atoms with van der Waals surface area (Å²) in [6.45, 7) is 0. The van der Waals surface area contributed by atoms with Crippen LogP contribution in [-0.4, -0.2) is 26.6 Å². The van der Waals surface area contributed by atoms with Crippen LogP contribution in [-0.2, 0) is 6.42 Å². The molecular weight excluding hydrogens is 355 g/mol. The van der Waals surface area contributed by atoms with Crippen LogP contribution in [0.1, 0.15) is 11.8 Å². The van der Waals surface area contributed by atoms with Crippen LogP contribution in [0.25, 0.3) is 22.8 Å². The minimum Gasteiger partial charge on any atom is -0.420 e. The van der Waals surface area contributed by atoms with Crippen molar-refractivity contribution in [3.8, 4) is 22.8 Å². The molecule has 0 fully saturated rings. The van der Waals surface area contributed by atoms with E-state index in [0.717, 1.165) is 10.5 Å². The van der Waals surface area contributed by atoms with Gasteiger partial charge in [-0.05, 0) is 54.8 Å². The maximum absolute atomic E-state index is 13.0. The number of hydrogen-bond donors (Lipinski definition) is 0. The van der Waals surface area contributed by atoms with E-state index in [1.807, 2.05) is 30.5 Å². The van der Waals surface area contributed by atoms with Crippen LogP contribution in [0, 0.1) is 5.82 Å². The predicted octanol–water partition coefficient (Wildman–Crippen LogP) is 4.24. The summed E-state index contributed by atoms with van der Waals surface area (Å²) in [7, 11) is 0. The average Bonchev–Trinajstić information content (AvgIpc) is 3.33. The van der Waals surface area contributed by atoms with E-state index < -0.39 is 0 Å². The van der Waals surface area contributed by atoms with Gasteiger partial charge in [0.05, 0.1) is 0 Å². The number of aromatic nitrogens is 4. The van der Waals surface area contributed by atoms with Crippen LogP contribution in [0.3, 0.4) is 0 Å².